The van der Waals surface area contributed by atoms with Crippen LogP contribution in [0.5, 0.6) is 0 Å². The Morgan fingerprint density at radius 3 is 2.23 bits per heavy atom. The van der Waals surface area contributed by atoms with Crippen LogP contribution in [-0.2, 0) is 0 Å². The molecule has 80 valence electrons. The Morgan fingerprint density at radius 2 is 1.92 bits per heavy atom. The first-order valence-electron chi connectivity index (χ1n) is 4.99. The average molecular weight is 188 g/mol. The third kappa shape index (κ3) is 5.24. The lowest BCUT2D eigenvalue weighted by molar-refractivity contribution is 0.178. The van der Waals surface area contributed by atoms with Gasteiger partial charge in [0, 0.05) is 5.54 Å². The molecule has 1 atom stereocenters. The molecule has 0 aromatic heterocycles. The van der Waals surface area contributed by atoms with Crippen LogP contribution in [0.25, 0.3) is 0 Å². The summed E-state index contributed by atoms with van der Waals surface area (Å²) in [5.74, 6) is 1.08. The summed E-state index contributed by atoms with van der Waals surface area (Å²) in [7, 11) is 0. The molecule has 13 heavy (non-hydrogen) atoms. The van der Waals surface area contributed by atoms with Crippen LogP contribution in [0.2, 0.25) is 0 Å². The molecular formula is C10H24N2O. The fraction of sp³-hybridized carbons (Fsp3) is 1.00. The van der Waals surface area contributed by atoms with Gasteiger partial charge in [-0.2, -0.15) is 0 Å². The molecule has 0 aromatic carbocycles. The number of aliphatic hydroxyl groups is 1. The molecule has 1 unspecified atom stereocenters. The molecule has 0 aromatic rings. The number of rotatable bonds is 6. The highest BCUT2D eigenvalue weighted by atomic mass is 16.3. The maximum absolute atomic E-state index is 9.02. The Hall–Kier alpha value is -0.120. The van der Waals surface area contributed by atoms with Crippen LogP contribution in [0, 0.1) is 11.8 Å². The van der Waals surface area contributed by atoms with Crippen molar-refractivity contribution < 1.29 is 5.11 Å². The molecule has 0 amide bonds. The van der Waals surface area contributed by atoms with E-state index in [1.807, 2.05) is 13.8 Å². The first-order valence-corrected chi connectivity index (χ1v) is 4.99. The second-order valence-electron chi connectivity index (χ2n) is 4.66. The minimum Gasteiger partial charge on any atom is -0.394 e. The van der Waals surface area contributed by atoms with Gasteiger partial charge >= 0.3 is 0 Å². The highest BCUT2D eigenvalue weighted by Gasteiger charge is 2.18. The van der Waals surface area contributed by atoms with Crippen molar-refractivity contribution in [2.75, 3.05) is 19.7 Å². The van der Waals surface area contributed by atoms with Crippen molar-refractivity contribution >= 4 is 0 Å². The van der Waals surface area contributed by atoms with E-state index in [-0.39, 0.29) is 12.1 Å². The number of nitrogens with two attached hydrogens (primary N) is 1. The van der Waals surface area contributed by atoms with Gasteiger partial charge in [-0.05, 0) is 38.8 Å². The second kappa shape index (κ2) is 5.58. The van der Waals surface area contributed by atoms with Gasteiger partial charge in [0.05, 0.1) is 6.61 Å². The predicted molar refractivity (Wildman–Crippen MR) is 56.5 cm³/mol. The fourth-order valence-corrected chi connectivity index (χ4v) is 1.05. The van der Waals surface area contributed by atoms with Crippen LogP contribution in [0.1, 0.15) is 27.7 Å². The van der Waals surface area contributed by atoms with E-state index < -0.39 is 0 Å². The summed E-state index contributed by atoms with van der Waals surface area (Å²) < 4.78 is 0. The molecule has 0 saturated heterocycles. The van der Waals surface area contributed by atoms with Crippen molar-refractivity contribution in [1.82, 2.24) is 5.32 Å². The lowest BCUT2D eigenvalue weighted by Gasteiger charge is -2.28. The highest BCUT2D eigenvalue weighted by Crippen LogP contribution is 2.09. The van der Waals surface area contributed by atoms with Gasteiger partial charge in [0.1, 0.15) is 0 Å². The minimum absolute atomic E-state index is 0.155. The molecule has 0 aliphatic carbocycles. The molecule has 3 heteroatoms. The van der Waals surface area contributed by atoms with E-state index in [4.69, 9.17) is 10.8 Å². The van der Waals surface area contributed by atoms with Crippen molar-refractivity contribution in [3.63, 3.8) is 0 Å². The molecular weight excluding hydrogens is 164 g/mol. The Bertz CT molecular complexity index is 135. The Balaban J connectivity index is 3.85. The molecule has 0 bridgehead atoms. The highest BCUT2D eigenvalue weighted by molar-refractivity contribution is 4.78. The van der Waals surface area contributed by atoms with Gasteiger partial charge in [-0.3, -0.25) is 0 Å². The quantitative estimate of drug-likeness (QED) is 0.571. The molecule has 0 aliphatic heterocycles. The summed E-state index contributed by atoms with van der Waals surface area (Å²) in [6, 6.07) is 0. The van der Waals surface area contributed by atoms with Gasteiger partial charge in [-0.25, -0.2) is 0 Å². The van der Waals surface area contributed by atoms with Gasteiger partial charge in [0.25, 0.3) is 0 Å². The first-order chi connectivity index (χ1) is 5.93. The van der Waals surface area contributed by atoms with Crippen molar-refractivity contribution in [2.24, 2.45) is 17.6 Å². The molecule has 0 rings (SSSR count). The van der Waals surface area contributed by atoms with Crippen molar-refractivity contribution in [3.8, 4) is 0 Å². The van der Waals surface area contributed by atoms with Gasteiger partial charge < -0.3 is 16.2 Å². The van der Waals surface area contributed by atoms with Crippen molar-refractivity contribution in [2.45, 2.75) is 33.2 Å². The topological polar surface area (TPSA) is 58.3 Å². The molecule has 3 nitrogen and oxygen atoms in total. The fourth-order valence-electron chi connectivity index (χ4n) is 1.05. The molecule has 0 spiro atoms. The zero-order chi connectivity index (χ0) is 10.5. The summed E-state index contributed by atoms with van der Waals surface area (Å²) in [4.78, 5) is 0. The van der Waals surface area contributed by atoms with Gasteiger partial charge in [-0.1, -0.05) is 13.8 Å². The van der Waals surface area contributed by atoms with Crippen LogP contribution in [-0.4, -0.2) is 30.3 Å². The summed E-state index contributed by atoms with van der Waals surface area (Å²) in [6.07, 6.45) is 0. The molecule has 0 saturated carbocycles. The third-order valence-electron chi connectivity index (χ3n) is 2.48. The van der Waals surface area contributed by atoms with Crippen LogP contribution < -0.4 is 11.1 Å². The zero-order valence-corrected chi connectivity index (χ0v) is 9.30. The van der Waals surface area contributed by atoms with E-state index in [1.54, 1.807) is 0 Å². The van der Waals surface area contributed by atoms with Crippen LogP contribution in [0.3, 0.4) is 0 Å². The van der Waals surface area contributed by atoms with E-state index in [2.05, 4.69) is 19.2 Å². The first kappa shape index (κ1) is 12.9. The summed E-state index contributed by atoms with van der Waals surface area (Å²) >= 11 is 0. The van der Waals surface area contributed by atoms with Gasteiger partial charge in [0.2, 0.25) is 0 Å². The van der Waals surface area contributed by atoms with Gasteiger partial charge in [0.15, 0.2) is 0 Å². The van der Waals surface area contributed by atoms with Crippen LogP contribution >= 0.6 is 0 Å². The number of hydrogen-bond donors (Lipinski definition) is 3. The number of nitrogens with one attached hydrogen (secondary N) is 1. The molecule has 0 heterocycles. The molecule has 0 aliphatic rings. The monoisotopic (exact) mass is 188 g/mol. The lowest BCUT2D eigenvalue weighted by atomic mass is 9.94. The lowest BCUT2D eigenvalue weighted by Crippen LogP contribution is -2.46. The van der Waals surface area contributed by atoms with E-state index in [0.29, 0.717) is 18.4 Å². The number of hydrogen-bond acceptors (Lipinski definition) is 3. The smallest absolute Gasteiger partial charge is 0.0607 e. The normalized spacial score (nSPS) is 15.0. The maximum atomic E-state index is 9.02. The summed E-state index contributed by atoms with van der Waals surface area (Å²) in [6.45, 7) is 10.1. The van der Waals surface area contributed by atoms with Crippen LogP contribution in [0.15, 0.2) is 0 Å². The average Bonchev–Trinajstić information content (AvgIpc) is 2.05. The molecule has 0 radical (unpaired) electrons. The van der Waals surface area contributed by atoms with Crippen molar-refractivity contribution in [3.05, 3.63) is 0 Å². The summed E-state index contributed by atoms with van der Waals surface area (Å²) in [5, 5.41) is 12.3. The molecule has 4 N–H and O–H groups in total. The Labute approximate surface area is 81.7 Å². The second-order valence-corrected chi connectivity index (χ2v) is 4.66. The summed E-state index contributed by atoms with van der Waals surface area (Å²) in [5.41, 5.74) is 5.45. The largest absolute Gasteiger partial charge is 0.394 e. The third-order valence-corrected chi connectivity index (χ3v) is 2.48. The van der Waals surface area contributed by atoms with E-state index in [9.17, 15) is 0 Å². The molecule has 0 fully saturated rings. The Kier molecular flexibility index (Phi) is 5.53. The Morgan fingerprint density at radius 1 is 1.38 bits per heavy atom. The standard InChI is InChI=1S/C10H24N2O/c1-8(2)9(5-11)6-12-10(3,4)7-13/h8-9,12-13H,5-7,11H2,1-4H3. The van der Waals surface area contributed by atoms with E-state index in [0.717, 1.165) is 6.54 Å². The van der Waals surface area contributed by atoms with E-state index >= 15 is 0 Å². The van der Waals surface area contributed by atoms with Crippen molar-refractivity contribution in [1.29, 1.82) is 0 Å². The minimum atomic E-state index is -0.192. The SMILES string of the molecule is CC(C)C(CN)CNC(C)(C)CO. The van der Waals surface area contributed by atoms with Crippen LogP contribution in [0.4, 0.5) is 0 Å². The van der Waals surface area contributed by atoms with Gasteiger partial charge in [-0.15, -0.1) is 0 Å². The van der Waals surface area contributed by atoms with E-state index in [1.165, 1.54) is 0 Å². The zero-order valence-electron chi connectivity index (χ0n) is 9.30. The predicted octanol–water partition coefficient (Wildman–Crippen LogP) is 0.578. The number of aliphatic hydroxyl groups excluding tert-OH is 1. The maximum Gasteiger partial charge on any atom is 0.0607 e.